The fraction of sp³-hybridized carbons (Fsp3) is 0.229. The second kappa shape index (κ2) is 17.6. The van der Waals surface area contributed by atoms with Crippen LogP contribution in [-0.4, -0.2) is 14.1 Å². The van der Waals surface area contributed by atoms with Crippen molar-refractivity contribution in [1.29, 1.82) is 0 Å². The van der Waals surface area contributed by atoms with Gasteiger partial charge in [0.05, 0.1) is 37.6 Å². The van der Waals surface area contributed by atoms with Gasteiger partial charge >= 0.3 is 0 Å². The van der Waals surface area contributed by atoms with E-state index in [0.717, 1.165) is 33.0 Å². The molecule has 8 aromatic carbocycles. The first-order valence-corrected chi connectivity index (χ1v) is 25.1. The van der Waals surface area contributed by atoms with E-state index in [1.165, 1.54) is 0 Å². The van der Waals surface area contributed by atoms with Gasteiger partial charge < -0.3 is 4.74 Å². The molecular weight excluding hydrogens is 913 g/mol. The fourth-order valence-corrected chi connectivity index (χ4v) is 10.5. The molecule has 12 rings (SSSR count). The van der Waals surface area contributed by atoms with Crippen molar-refractivity contribution in [3.8, 4) is 62.1 Å². The van der Waals surface area contributed by atoms with Crippen LogP contribution in [0, 0.1) is 13.2 Å². The molecule has 0 fully saturated rings. The van der Waals surface area contributed by atoms with E-state index >= 15 is 0 Å². The van der Waals surface area contributed by atoms with Crippen LogP contribution in [0.25, 0.3) is 83.4 Å². The van der Waals surface area contributed by atoms with E-state index in [9.17, 15) is 4.11 Å². The number of hydrogen-bond donors (Lipinski definition) is 0. The summed E-state index contributed by atoms with van der Waals surface area (Å²) >= 11 is 0. The van der Waals surface area contributed by atoms with Crippen molar-refractivity contribution in [3.63, 3.8) is 0 Å². The van der Waals surface area contributed by atoms with E-state index in [0.29, 0.717) is 56.2 Å². The largest absolute Gasteiger partial charge is 0.458 e. The molecule has 1 aliphatic rings. The average Bonchev–Trinajstić information content (AvgIpc) is 1.50. The summed E-state index contributed by atoms with van der Waals surface area (Å²) in [5.41, 5.74) is -1.83. The van der Waals surface area contributed by atoms with E-state index < -0.39 is 97.2 Å². The number of benzene rings is 8. The van der Waals surface area contributed by atoms with Crippen molar-refractivity contribution in [3.05, 3.63) is 222 Å². The minimum atomic E-state index is -3.68. The zero-order valence-corrected chi connectivity index (χ0v) is 42.6. The molecule has 3 aromatic heterocycles. The highest BCUT2D eigenvalue weighted by Crippen LogP contribution is 2.51. The maximum atomic E-state index is 10.3. The number of pyridine rings is 1. The van der Waals surface area contributed by atoms with Crippen LogP contribution in [-0.2, 0) is 21.7 Å². The molecule has 0 aliphatic heterocycles. The molecule has 1 aliphatic carbocycles. The number of hydrogen-bond acceptors (Lipinski definition) is 2. The predicted octanol–water partition coefficient (Wildman–Crippen LogP) is 17.9. The second-order valence-electron chi connectivity index (χ2n) is 21.8. The predicted molar refractivity (Wildman–Crippen MR) is 311 cm³/mol. The van der Waals surface area contributed by atoms with Crippen molar-refractivity contribution >= 4 is 32.8 Å². The Kier molecular flexibility index (Phi) is 7.41. The Labute approximate surface area is 468 Å². The molecule has 0 unspecified atom stereocenters. The molecule has 0 saturated heterocycles. The van der Waals surface area contributed by atoms with E-state index in [2.05, 4.69) is 53.9 Å². The van der Waals surface area contributed by atoms with Crippen LogP contribution in [0.15, 0.2) is 188 Å². The standard InChI is InChI=1S/C70H66N4O/c1-45-35-65(71-42-58(45)46-21-13-12-14-22-46)74-61-28-16-15-25-56(61)57-33-32-53(41-64(57)74)75-52-24-19-23-51(40-52)72-44-73(63-30-18-17-29-62(63)72)66-54(47-31-34-59-60(38-47)70(10,11)43-69(59,8)9)26-20-27-55(66)48-36-49(67(2,3)4)39-50(37-48)68(5,6)7/h12-42H,43H2,1-11H3/i1D3,8D3,9D3,10D3,11D3,31D,34D,38D. The maximum Gasteiger partial charge on any atom is 0.269 e. The number of aryl methyl sites for hydroxylation is 1. The van der Waals surface area contributed by atoms with Gasteiger partial charge in [0, 0.05) is 49.2 Å². The van der Waals surface area contributed by atoms with Gasteiger partial charge in [-0.15, -0.1) is 0 Å². The zero-order chi connectivity index (χ0) is 67.3. The van der Waals surface area contributed by atoms with Gasteiger partial charge in [-0.1, -0.05) is 202 Å². The Balaban J connectivity index is 1.08. The van der Waals surface area contributed by atoms with Crippen LogP contribution in [0.1, 0.15) is 128 Å². The van der Waals surface area contributed by atoms with Crippen molar-refractivity contribution in [2.24, 2.45) is 0 Å². The fourth-order valence-electron chi connectivity index (χ4n) is 10.5. The van der Waals surface area contributed by atoms with E-state index in [4.69, 9.17) is 30.3 Å². The highest BCUT2D eigenvalue weighted by Gasteiger charge is 2.42. The van der Waals surface area contributed by atoms with Gasteiger partial charge in [-0.3, -0.25) is 13.7 Å². The molecule has 5 heteroatoms. The summed E-state index contributed by atoms with van der Waals surface area (Å²) in [4.78, 5) is 4.88. The van der Waals surface area contributed by atoms with Crippen molar-refractivity contribution < 1.29 is 34.0 Å². The first kappa shape index (κ1) is 31.7. The topological polar surface area (TPSA) is 35.9 Å². The number of para-hydroxylation sites is 4. The van der Waals surface area contributed by atoms with Crippen LogP contribution in [0.3, 0.4) is 0 Å². The molecule has 0 atom stereocenters. The Morgan fingerprint density at radius 1 is 0.587 bits per heavy atom. The molecule has 372 valence electrons. The van der Waals surface area contributed by atoms with Crippen LogP contribution in [0.2, 0.25) is 0 Å². The summed E-state index contributed by atoms with van der Waals surface area (Å²) in [6.45, 7) is -4.64. The molecule has 0 saturated carbocycles. The van der Waals surface area contributed by atoms with Gasteiger partial charge in [0.15, 0.2) is 0 Å². The Morgan fingerprint density at radius 2 is 1.25 bits per heavy atom. The van der Waals surface area contributed by atoms with Gasteiger partial charge in [-0.05, 0) is 133 Å². The summed E-state index contributed by atoms with van der Waals surface area (Å²) in [6, 6.07) is 47.6. The average molecular weight is 997 g/mol. The first-order chi connectivity index (χ1) is 43.3. The highest BCUT2D eigenvalue weighted by atomic mass is 16.5. The second-order valence-corrected chi connectivity index (χ2v) is 21.8. The van der Waals surface area contributed by atoms with Gasteiger partial charge in [0.1, 0.15) is 17.3 Å². The molecule has 0 bridgehead atoms. The summed E-state index contributed by atoms with van der Waals surface area (Å²) in [6.07, 6.45) is 3.65. The van der Waals surface area contributed by atoms with Gasteiger partial charge in [0.2, 0.25) is 0 Å². The van der Waals surface area contributed by atoms with Gasteiger partial charge in [0.25, 0.3) is 6.33 Å². The molecule has 75 heavy (non-hydrogen) atoms. The minimum absolute atomic E-state index is 0.0357. The molecule has 0 spiro atoms. The van der Waals surface area contributed by atoms with E-state index in [1.54, 1.807) is 39.6 Å². The zero-order valence-electron chi connectivity index (χ0n) is 60.6. The maximum absolute atomic E-state index is 10.3. The molecule has 0 N–H and O–H groups in total. The molecule has 11 aromatic rings. The summed E-state index contributed by atoms with van der Waals surface area (Å²) in [5.74, 6) is 1.25. The van der Waals surface area contributed by atoms with Crippen molar-refractivity contribution in [2.45, 2.75) is 104 Å². The third-order valence-electron chi connectivity index (χ3n) is 14.4. The van der Waals surface area contributed by atoms with Crippen LogP contribution < -0.4 is 9.30 Å². The van der Waals surface area contributed by atoms with Gasteiger partial charge in [-0.25, -0.2) is 4.98 Å². The van der Waals surface area contributed by atoms with Crippen molar-refractivity contribution in [1.82, 2.24) is 14.1 Å². The minimum Gasteiger partial charge on any atom is -0.458 e. The van der Waals surface area contributed by atoms with E-state index in [1.807, 2.05) is 138 Å². The Morgan fingerprint density at radius 3 is 2.00 bits per heavy atom. The number of fused-ring (bicyclic) bond motifs is 5. The lowest BCUT2D eigenvalue weighted by atomic mass is 9.78. The lowest BCUT2D eigenvalue weighted by Gasteiger charge is -2.27. The summed E-state index contributed by atoms with van der Waals surface area (Å²) in [7, 11) is 0. The highest BCUT2D eigenvalue weighted by molar-refractivity contribution is 6.09. The normalized spacial score (nSPS) is 18.6. The van der Waals surface area contributed by atoms with Crippen LogP contribution in [0.5, 0.6) is 11.5 Å². The number of nitrogens with zero attached hydrogens (tertiary/aromatic N) is 4. The number of imidazole rings is 1. The van der Waals surface area contributed by atoms with Gasteiger partial charge in [-0.2, -0.15) is 0 Å². The van der Waals surface area contributed by atoms with Crippen LogP contribution >= 0.6 is 0 Å². The number of rotatable bonds is 8. The molecule has 0 amide bonds. The molecule has 5 nitrogen and oxygen atoms in total. The Bertz CT molecular complexity index is 4740. The first-order valence-electron chi connectivity index (χ1n) is 34.1. The number of aromatic nitrogens is 4. The SMILES string of the molecule is [2H]c1c([2H])c2c(c([2H])c1-c1cccc(-c3cc(C(C)(C)C)cc(C(C)(C)C)c3)c1-[n+]1[c-]n(-c3cccc(Oc4ccc5c6ccccc6n(-c6cc(C([2H])([2H])[2H])c(-c7ccccc7)cn6)c5c4)c3)c3ccccc31)C(C([2H])([2H])[2H])(C([2H])([2H])[2H])CC2(C([2H])([2H])[2H])C([2H])([2H])[2H]. The Hall–Kier alpha value is -8.02. The third-order valence-corrected chi connectivity index (χ3v) is 14.4. The lowest BCUT2D eigenvalue weighted by Crippen LogP contribution is -2.31. The molecule has 0 radical (unpaired) electrons. The van der Waals surface area contributed by atoms with E-state index in [-0.39, 0.29) is 16.8 Å². The summed E-state index contributed by atoms with van der Waals surface area (Å²) in [5, 5.41) is 1.78. The number of ether oxygens (including phenoxy) is 1. The van der Waals surface area contributed by atoms with Crippen molar-refractivity contribution in [2.75, 3.05) is 0 Å². The smallest absolute Gasteiger partial charge is 0.269 e. The third kappa shape index (κ3) is 8.43. The quantitative estimate of drug-likeness (QED) is 0.112. The summed E-state index contributed by atoms with van der Waals surface area (Å²) < 4.78 is 175. The monoisotopic (exact) mass is 997 g/mol. The molecular formula is C70H66N4O. The lowest BCUT2D eigenvalue weighted by molar-refractivity contribution is -0.571. The van der Waals surface area contributed by atoms with Crippen LogP contribution in [0.4, 0.5) is 0 Å². The molecule has 3 heterocycles.